The Bertz CT molecular complexity index is 1560. The van der Waals surface area contributed by atoms with Gasteiger partial charge in [0.15, 0.2) is 0 Å². The molecule has 3 aromatic carbocycles. The van der Waals surface area contributed by atoms with Gasteiger partial charge in [0.1, 0.15) is 5.75 Å². The van der Waals surface area contributed by atoms with E-state index in [9.17, 15) is 4.79 Å². The number of carbonyl (C=O) groups excluding carboxylic acids is 1. The van der Waals surface area contributed by atoms with Crippen LogP contribution >= 0.6 is 23.2 Å². The van der Waals surface area contributed by atoms with Crippen molar-refractivity contribution in [2.24, 2.45) is 5.10 Å². The van der Waals surface area contributed by atoms with Crippen LogP contribution in [0.1, 0.15) is 32.9 Å². The molecule has 0 saturated carbocycles. The monoisotopic (exact) mass is 589 g/mol. The Kier molecular flexibility index (Phi) is 8.98. The molecule has 1 aromatic heterocycles. The molecular formula is C32H33Cl2N5O2. The zero-order chi connectivity index (χ0) is 28.9. The third-order valence-electron chi connectivity index (χ3n) is 7.42. The number of hydrogen-bond donors (Lipinski definition) is 1. The quantitative estimate of drug-likeness (QED) is 0.188. The summed E-state index contributed by atoms with van der Waals surface area (Å²) in [5.41, 5.74) is 9.33. The van der Waals surface area contributed by atoms with Crippen molar-refractivity contribution in [3.63, 3.8) is 0 Å². The van der Waals surface area contributed by atoms with Crippen molar-refractivity contribution in [2.45, 2.75) is 20.4 Å². The van der Waals surface area contributed by atoms with Crippen molar-refractivity contribution in [1.29, 1.82) is 0 Å². The number of methoxy groups -OCH3 is 1. The number of hydrogen-bond acceptors (Lipinski definition) is 5. The SMILES string of the molecule is COc1ccccc1N1CCN(Cc2ccc(C(=O)N/N=C/c3cc(C)n(-c4ccc(Cl)c(Cl)c4)c3C)cc2)CC1. The van der Waals surface area contributed by atoms with Crippen LogP contribution < -0.4 is 15.1 Å². The van der Waals surface area contributed by atoms with E-state index in [2.05, 4.69) is 31.0 Å². The highest BCUT2D eigenvalue weighted by atomic mass is 35.5. The molecule has 1 aliphatic heterocycles. The molecule has 1 aliphatic rings. The lowest BCUT2D eigenvalue weighted by molar-refractivity contribution is 0.0955. The van der Waals surface area contributed by atoms with Gasteiger partial charge in [0.25, 0.3) is 5.91 Å². The van der Waals surface area contributed by atoms with Crippen LogP contribution in [0.4, 0.5) is 5.69 Å². The second-order valence-corrected chi connectivity index (χ2v) is 10.9. The maximum Gasteiger partial charge on any atom is 0.271 e. The van der Waals surface area contributed by atoms with Gasteiger partial charge in [0.2, 0.25) is 0 Å². The summed E-state index contributed by atoms with van der Waals surface area (Å²) in [7, 11) is 1.71. The smallest absolute Gasteiger partial charge is 0.271 e. The minimum atomic E-state index is -0.253. The molecule has 212 valence electrons. The van der Waals surface area contributed by atoms with E-state index in [4.69, 9.17) is 27.9 Å². The molecule has 4 aromatic rings. The number of amides is 1. The summed E-state index contributed by atoms with van der Waals surface area (Å²) in [5.74, 6) is 0.655. The first-order valence-corrected chi connectivity index (χ1v) is 14.3. The predicted octanol–water partition coefficient (Wildman–Crippen LogP) is 6.50. The number of ether oxygens (including phenoxy) is 1. The number of aryl methyl sites for hydroxylation is 1. The molecule has 2 heterocycles. The Morgan fingerprint density at radius 3 is 2.39 bits per heavy atom. The summed E-state index contributed by atoms with van der Waals surface area (Å²) in [5, 5.41) is 5.22. The summed E-state index contributed by atoms with van der Waals surface area (Å²) < 4.78 is 7.60. The van der Waals surface area contributed by atoms with Gasteiger partial charge in [-0.25, -0.2) is 5.43 Å². The van der Waals surface area contributed by atoms with Crippen molar-refractivity contribution >= 4 is 41.0 Å². The Balaban J connectivity index is 1.15. The summed E-state index contributed by atoms with van der Waals surface area (Å²) in [4.78, 5) is 17.5. The van der Waals surface area contributed by atoms with Crippen LogP contribution in [0.5, 0.6) is 5.75 Å². The molecule has 1 fully saturated rings. The minimum absolute atomic E-state index is 0.253. The summed E-state index contributed by atoms with van der Waals surface area (Å²) in [6, 6.07) is 23.4. The molecule has 1 amide bonds. The highest BCUT2D eigenvalue weighted by Gasteiger charge is 2.20. The molecule has 0 aliphatic carbocycles. The van der Waals surface area contributed by atoms with E-state index < -0.39 is 0 Å². The fourth-order valence-corrected chi connectivity index (χ4v) is 5.51. The molecule has 0 radical (unpaired) electrons. The van der Waals surface area contributed by atoms with E-state index in [1.165, 1.54) is 5.56 Å². The molecule has 41 heavy (non-hydrogen) atoms. The van der Waals surface area contributed by atoms with Crippen molar-refractivity contribution in [2.75, 3.05) is 38.2 Å². The molecule has 0 atom stereocenters. The Labute approximate surface area is 250 Å². The average Bonchev–Trinajstić information content (AvgIpc) is 3.27. The number of para-hydroxylation sites is 2. The summed E-state index contributed by atoms with van der Waals surface area (Å²) >= 11 is 12.3. The highest BCUT2D eigenvalue weighted by molar-refractivity contribution is 6.42. The molecule has 0 spiro atoms. The van der Waals surface area contributed by atoms with Crippen LogP contribution in [0, 0.1) is 13.8 Å². The summed E-state index contributed by atoms with van der Waals surface area (Å²) in [6.45, 7) is 8.64. The van der Waals surface area contributed by atoms with E-state index in [0.29, 0.717) is 15.6 Å². The maximum absolute atomic E-state index is 12.7. The molecule has 5 rings (SSSR count). The molecule has 0 bridgehead atoms. The minimum Gasteiger partial charge on any atom is -0.495 e. The highest BCUT2D eigenvalue weighted by Crippen LogP contribution is 2.29. The molecule has 7 nitrogen and oxygen atoms in total. The van der Waals surface area contributed by atoms with Crippen molar-refractivity contribution in [3.05, 3.63) is 111 Å². The van der Waals surface area contributed by atoms with Gasteiger partial charge in [-0.15, -0.1) is 0 Å². The number of benzene rings is 3. The van der Waals surface area contributed by atoms with E-state index in [1.807, 2.05) is 74.5 Å². The molecule has 1 saturated heterocycles. The first-order chi connectivity index (χ1) is 19.8. The van der Waals surface area contributed by atoms with Gasteiger partial charge in [-0.1, -0.05) is 47.5 Å². The Morgan fingerprint density at radius 1 is 0.951 bits per heavy atom. The van der Waals surface area contributed by atoms with Gasteiger partial charge < -0.3 is 14.2 Å². The van der Waals surface area contributed by atoms with Gasteiger partial charge in [-0.05, 0) is 67.9 Å². The number of anilines is 1. The third-order valence-corrected chi connectivity index (χ3v) is 8.16. The fraction of sp³-hybridized carbons (Fsp3) is 0.250. The number of nitrogens with one attached hydrogen (secondary N) is 1. The van der Waals surface area contributed by atoms with Crippen LogP contribution in [0.15, 0.2) is 77.9 Å². The van der Waals surface area contributed by atoms with Crippen LogP contribution in [0.25, 0.3) is 5.69 Å². The van der Waals surface area contributed by atoms with Crippen LogP contribution in [0.2, 0.25) is 10.0 Å². The standard InChI is InChI=1S/C32H33Cl2N5O2/c1-22-18-26(23(2)39(22)27-12-13-28(33)29(34)19-27)20-35-36-32(40)25-10-8-24(9-11-25)21-37-14-16-38(17-15-37)30-6-4-5-7-31(30)41-3/h4-13,18-20H,14-17,21H2,1-3H3,(H,36,40)/b35-20+. The Morgan fingerprint density at radius 2 is 1.68 bits per heavy atom. The van der Waals surface area contributed by atoms with Gasteiger partial charge in [-0.2, -0.15) is 5.10 Å². The van der Waals surface area contributed by atoms with Gasteiger partial charge in [0, 0.05) is 60.9 Å². The van der Waals surface area contributed by atoms with Crippen LogP contribution in [-0.4, -0.2) is 54.9 Å². The normalized spacial score (nSPS) is 14.0. The van der Waals surface area contributed by atoms with Crippen LogP contribution in [0.3, 0.4) is 0 Å². The largest absolute Gasteiger partial charge is 0.495 e. The molecule has 0 unspecified atom stereocenters. The van der Waals surface area contributed by atoms with E-state index in [1.54, 1.807) is 19.4 Å². The number of rotatable bonds is 8. The van der Waals surface area contributed by atoms with Crippen molar-refractivity contribution < 1.29 is 9.53 Å². The maximum atomic E-state index is 12.7. The van der Waals surface area contributed by atoms with Crippen LogP contribution in [-0.2, 0) is 6.54 Å². The molecular weight excluding hydrogens is 557 g/mol. The molecule has 1 N–H and O–H groups in total. The zero-order valence-corrected chi connectivity index (χ0v) is 24.9. The fourth-order valence-electron chi connectivity index (χ4n) is 5.22. The number of hydrazone groups is 1. The Hall–Kier alpha value is -3.78. The van der Waals surface area contributed by atoms with Gasteiger partial charge in [-0.3, -0.25) is 9.69 Å². The number of carbonyl (C=O) groups is 1. The topological polar surface area (TPSA) is 62.1 Å². The number of nitrogens with zero attached hydrogens (tertiary/aromatic N) is 4. The average molecular weight is 591 g/mol. The first-order valence-electron chi connectivity index (χ1n) is 13.5. The number of piperazine rings is 1. The zero-order valence-electron chi connectivity index (χ0n) is 23.4. The first kappa shape index (κ1) is 28.7. The lowest BCUT2D eigenvalue weighted by atomic mass is 10.1. The van der Waals surface area contributed by atoms with E-state index in [-0.39, 0.29) is 5.91 Å². The third kappa shape index (κ3) is 6.59. The van der Waals surface area contributed by atoms with Gasteiger partial charge in [0.05, 0.1) is 29.1 Å². The lowest BCUT2D eigenvalue weighted by Crippen LogP contribution is -2.46. The molecule has 9 heteroatoms. The van der Waals surface area contributed by atoms with E-state index in [0.717, 1.165) is 66.8 Å². The predicted molar refractivity (Wildman–Crippen MR) is 167 cm³/mol. The van der Waals surface area contributed by atoms with Crippen molar-refractivity contribution in [1.82, 2.24) is 14.9 Å². The second kappa shape index (κ2) is 12.8. The van der Waals surface area contributed by atoms with E-state index >= 15 is 0 Å². The van der Waals surface area contributed by atoms with Crippen molar-refractivity contribution in [3.8, 4) is 11.4 Å². The lowest BCUT2D eigenvalue weighted by Gasteiger charge is -2.36. The van der Waals surface area contributed by atoms with Gasteiger partial charge >= 0.3 is 0 Å². The second-order valence-electron chi connectivity index (χ2n) is 10.1. The summed E-state index contributed by atoms with van der Waals surface area (Å²) in [6.07, 6.45) is 1.66. The number of aromatic nitrogens is 1. The number of halogens is 2.